The lowest BCUT2D eigenvalue weighted by molar-refractivity contribution is -0.133. The zero-order valence-electron chi connectivity index (χ0n) is 8.03. The van der Waals surface area contributed by atoms with E-state index >= 15 is 0 Å². The molecule has 5 heteroatoms. The molecule has 1 amide bonds. The van der Waals surface area contributed by atoms with Gasteiger partial charge < -0.3 is 5.11 Å². The minimum atomic E-state index is -0.285. The van der Waals surface area contributed by atoms with Gasteiger partial charge in [-0.1, -0.05) is 13.8 Å². The number of hydrogen-bond donors (Lipinski definition) is 3. The minimum Gasteiger partial charge on any atom is -0.390 e. The Balaban J connectivity index is 2.53. The van der Waals surface area contributed by atoms with Crippen LogP contribution in [0.25, 0.3) is 0 Å². The van der Waals surface area contributed by atoms with Gasteiger partial charge in [0.1, 0.15) is 0 Å². The number of carbonyl (C=O) groups is 1. The Bertz CT molecular complexity index is 190. The van der Waals surface area contributed by atoms with Crippen LogP contribution < -0.4 is 11.3 Å². The fraction of sp³-hybridized carbons (Fsp3) is 0.875. The second kappa shape index (κ2) is 4.04. The molecule has 1 aliphatic heterocycles. The summed E-state index contributed by atoms with van der Waals surface area (Å²) in [5.41, 5.74) is 2.15. The van der Waals surface area contributed by atoms with E-state index in [9.17, 15) is 4.79 Å². The van der Waals surface area contributed by atoms with Crippen molar-refractivity contribution >= 4 is 5.91 Å². The van der Waals surface area contributed by atoms with E-state index in [1.165, 1.54) is 0 Å². The summed E-state index contributed by atoms with van der Waals surface area (Å²) in [7, 11) is 0. The standard InChI is InChI=1S/C8H17N3O2/c1-5(2)7(8(13)10-9)11-3-6(12)4-11/h5-7,12H,3-4,9H2,1-2H3,(H,10,13). The lowest BCUT2D eigenvalue weighted by Gasteiger charge is -2.42. The van der Waals surface area contributed by atoms with Crippen molar-refractivity contribution in [2.24, 2.45) is 11.8 Å². The molecule has 0 aliphatic carbocycles. The lowest BCUT2D eigenvalue weighted by atomic mass is 9.97. The van der Waals surface area contributed by atoms with Crippen molar-refractivity contribution in [2.75, 3.05) is 13.1 Å². The van der Waals surface area contributed by atoms with Crippen molar-refractivity contribution in [3.05, 3.63) is 0 Å². The van der Waals surface area contributed by atoms with Crippen LogP contribution in [0, 0.1) is 5.92 Å². The Morgan fingerprint density at radius 2 is 2.15 bits per heavy atom. The molecule has 1 fully saturated rings. The highest BCUT2D eigenvalue weighted by Gasteiger charge is 2.36. The Labute approximate surface area is 77.9 Å². The van der Waals surface area contributed by atoms with Crippen LogP contribution in [0.15, 0.2) is 0 Å². The molecular formula is C8H17N3O2. The van der Waals surface area contributed by atoms with Gasteiger partial charge in [0.2, 0.25) is 0 Å². The molecule has 1 rings (SSSR count). The van der Waals surface area contributed by atoms with E-state index in [0.29, 0.717) is 13.1 Å². The van der Waals surface area contributed by atoms with Gasteiger partial charge in [-0.2, -0.15) is 0 Å². The third kappa shape index (κ3) is 2.18. The van der Waals surface area contributed by atoms with Gasteiger partial charge in [-0.15, -0.1) is 0 Å². The van der Waals surface area contributed by atoms with Crippen LogP contribution in [-0.2, 0) is 4.79 Å². The topological polar surface area (TPSA) is 78.6 Å². The highest BCUT2D eigenvalue weighted by Crippen LogP contribution is 2.18. The molecule has 0 saturated carbocycles. The van der Waals surface area contributed by atoms with Gasteiger partial charge in [0.15, 0.2) is 0 Å². The summed E-state index contributed by atoms with van der Waals surface area (Å²) in [5, 5.41) is 9.10. The molecule has 0 radical (unpaired) electrons. The summed E-state index contributed by atoms with van der Waals surface area (Å²) in [5.74, 6) is 5.10. The van der Waals surface area contributed by atoms with Crippen molar-refractivity contribution in [2.45, 2.75) is 26.0 Å². The zero-order chi connectivity index (χ0) is 10.0. The molecule has 76 valence electrons. The maximum atomic E-state index is 11.3. The van der Waals surface area contributed by atoms with Gasteiger partial charge in [-0.3, -0.25) is 15.1 Å². The van der Waals surface area contributed by atoms with Crippen LogP contribution in [0.2, 0.25) is 0 Å². The summed E-state index contributed by atoms with van der Waals surface area (Å²) in [4.78, 5) is 13.3. The summed E-state index contributed by atoms with van der Waals surface area (Å²) < 4.78 is 0. The summed E-state index contributed by atoms with van der Waals surface area (Å²) in [6.07, 6.45) is -0.285. The maximum absolute atomic E-state index is 11.3. The van der Waals surface area contributed by atoms with Gasteiger partial charge in [0.05, 0.1) is 12.1 Å². The number of aliphatic hydroxyl groups excluding tert-OH is 1. The van der Waals surface area contributed by atoms with Crippen molar-refractivity contribution in [1.82, 2.24) is 10.3 Å². The molecule has 13 heavy (non-hydrogen) atoms. The second-order valence-electron chi connectivity index (χ2n) is 3.81. The van der Waals surface area contributed by atoms with Gasteiger partial charge in [-0.25, -0.2) is 5.84 Å². The molecule has 5 nitrogen and oxygen atoms in total. The number of nitrogens with zero attached hydrogens (tertiary/aromatic N) is 1. The molecule has 1 aliphatic rings. The largest absolute Gasteiger partial charge is 0.390 e. The van der Waals surface area contributed by atoms with Crippen LogP contribution in [0.5, 0.6) is 0 Å². The minimum absolute atomic E-state index is 0.179. The first-order valence-corrected chi connectivity index (χ1v) is 4.48. The van der Waals surface area contributed by atoms with E-state index in [2.05, 4.69) is 5.43 Å². The van der Waals surface area contributed by atoms with Crippen molar-refractivity contribution in [3.8, 4) is 0 Å². The first-order chi connectivity index (χ1) is 6.06. The number of nitrogens with one attached hydrogen (secondary N) is 1. The van der Waals surface area contributed by atoms with Gasteiger partial charge in [-0.05, 0) is 5.92 Å². The number of likely N-dealkylation sites (tertiary alicyclic amines) is 1. The van der Waals surface area contributed by atoms with Crippen LogP contribution >= 0.6 is 0 Å². The molecule has 0 aromatic rings. The quantitative estimate of drug-likeness (QED) is 0.291. The maximum Gasteiger partial charge on any atom is 0.251 e. The molecule has 0 aromatic carbocycles. The average Bonchev–Trinajstić information content (AvgIpc) is 2.00. The van der Waals surface area contributed by atoms with E-state index in [1.54, 1.807) is 0 Å². The molecule has 0 bridgehead atoms. The summed E-state index contributed by atoms with van der Waals surface area (Å²) in [6.45, 7) is 5.06. The van der Waals surface area contributed by atoms with Gasteiger partial charge in [0, 0.05) is 13.1 Å². The van der Waals surface area contributed by atoms with Crippen molar-refractivity contribution in [1.29, 1.82) is 0 Å². The Morgan fingerprint density at radius 1 is 1.62 bits per heavy atom. The van der Waals surface area contributed by atoms with E-state index in [4.69, 9.17) is 10.9 Å². The number of rotatable bonds is 3. The smallest absolute Gasteiger partial charge is 0.251 e. The van der Waals surface area contributed by atoms with E-state index in [0.717, 1.165) is 0 Å². The monoisotopic (exact) mass is 187 g/mol. The van der Waals surface area contributed by atoms with Crippen LogP contribution in [-0.4, -0.2) is 41.1 Å². The highest BCUT2D eigenvalue weighted by molar-refractivity contribution is 5.81. The van der Waals surface area contributed by atoms with Crippen molar-refractivity contribution < 1.29 is 9.90 Å². The number of β-amino-alcohol motifs (C(OH)–C–C–N with tert-alkyl or cyclic N) is 1. The Hall–Kier alpha value is -0.650. The molecule has 1 heterocycles. The number of aliphatic hydroxyl groups is 1. The predicted molar refractivity (Wildman–Crippen MR) is 48.5 cm³/mol. The van der Waals surface area contributed by atoms with Crippen LogP contribution in [0.3, 0.4) is 0 Å². The van der Waals surface area contributed by atoms with Crippen molar-refractivity contribution in [3.63, 3.8) is 0 Å². The van der Waals surface area contributed by atoms with E-state index in [-0.39, 0.29) is 24.0 Å². The lowest BCUT2D eigenvalue weighted by Crippen LogP contribution is -2.62. The molecule has 4 N–H and O–H groups in total. The SMILES string of the molecule is CC(C)C(C(=O)NN)N1CC(O)C1. The van der Waals surface area contributed by atoms with Gasteiger partial charge >= 0.3 is 0 Å². The second-order valence-corrected chi connectivity index (χ2v) is 3.81. The summed E-state index contributed by atoms with van der Waals surface area (Å²) >= 11 is 0. The number of hydrogen-bond acceptors (Lipinski definition) is 4. The third-order valence-electron chi connectivity index (χ3n) is 2.33. The Morgan fingerprint density at radius 3 is 2.46 bits per heavy atom. The molecular weight excluding hydrogens is 170 g/mol. The van der Waals surface area contributed by atoms with Crippen LogP contribution in [0.4, 0.5) is 0 Å². The summed E-state index contributed by atoms with van der Waals surface area (Å²) in [6, 6.07) is -0.214. The fourth-order valence-electron chi connectivity index (χ4n) is 1.69. The molecule has 1 atom stereocenters. The predicted octanol–water partition coefficient (Wildman–Crippen LogP) is -1.32. The Kier molecular flexibility index (Phi) is 3.24. The fourth-order valence-corrected chi connectivity index (χ4v) is 1.69. The zero-order valence-corrected chi connectivity index (χ0v) is 8.03. The number of amides is 1. The first kappa shape index (κ1) is 10.4. The highest BCUT2D eigenvalue weighted by atomic mass is 16.3. The first-order valence-electron chi connectivity index (χ1n) is 4.48. The number of carbonyl (C=O) groups excluding carboxylic acids is 1. The average molecular weight is 187 g/mol. The number of nitrogens with two attached hydrogens (primary N) is 1. The molecule has 0 spiro atoms. The van der Waals surface area contributed by atoms with Gasteiger partial charge in [0.25, 0.3) is 5.91 Å². The van der Waals surface area contributed by atoms with E-state index in [1.807, 2.05) is 18.7 Å². The number of hydrazine groups is 1. The van der Waals surface area contributed by atoms with E-state index < -0.39 is 0 Å². The molecule has 1 unspecified atom stereocenters. The third-order valence-corrected chi connectivity index (χ3v) is 2.33. The molecule has 1 saturated heterocycles. The van der Waals surface area contributed by atoms with Crippen LogP contribution in [0.1, 0.15) is 13.8 Å². The molecule has 0 aromatic heterocycles. The normalized spacial score (nSPS) is 21.3.